The Bertz CT molecular complexity index is 552. The van der Waals surface area contributed by atoms with Crippen molar-refractivity contribution < 1.29 is 13.2 Å². The van der Waals surface area contributed by atoms with Gasteiger partial charge in [-0.25, -0.2) is 8.42 Å². The van der Waals surface area contributed by atoms with Crippen molar-refractivity contribution in [3.8, 4) is 0 Å². The van der Waals surface area contributed by atoms with Gasteiger partial charge in [0.1, 0.15) is 4.90 Å². The minimum Gasteiger partial charge on any atom is -0.377 e. The zero-order valence-corrected chi connectivity index (χ0v) is 13.6. The van der Waals surface area contributed by atoms with Gasteiger partial charge in [0.25, 0.3) is 0 Å². The van der Waals surface area contributed by atoms with Gasteiger partial charge in [0, 0.05) is 31.1 Å². The van der Waals surface area contributed by atoms with Crippen LogP contribution in [-0.2, 0) is 21.3 Å². The Morgan fingerprint density at radius 2 is 2.30 bits per heavy atom. The maximum atomic E-state index is 12.8. The highest BCUT2D eigenvalue weighted by molar-refractivity contribution is 7.89. The van der Waals surface area contributed by atoms with E-state index in [9.17, 15) is 8.42 Å². The Morgan fingerprint density at radius 3 is 2.95 bits per heavy atom. The van der Waals surface area contributed by atoms with Gasteiger partial charge in [0.05, 0.1) is 6.10 Å². The average molecular weight is 318 g/mol. The van der Waals surface area contributed by atoms with Gasteiger partial charge >= 0.3 is 0 Å². The molecule has 2 heterocycles. The molecule has 1 fully saturated rings. The summed E-state index contributed by atoms with van der Waals surface area (Å²) >= 11 is 1.42. The lowest BCUT2D eigenvalue weighted by atomic mass is 10.1. The molecule has 0 bridgehead atoms. The number of rotatable bonds is 5. The Morgan fingerprint density at radius 1 is 1.55 bits per heavy atom. The molecule has 2 N–H and O–H groups in total. The molecule has 0 radical (unpaired) electrons. The van der Waals surface area contributed by atoms with Crippen LogP contribution in [0, 0.1) is 6.92 Å². The van der Waals surface area contributed by atoms with Crippen molar-refractivity contribution in [3.05, 3.63) is 15.8 Å². The molecule has 114 valence electrons. The zero-order chi connectivity index (χ0) is 14.8. The largest absolute Gasteiger partial charge is 0.377 e. The molecule has 7 heteroatoms. The third kappa shape index (κ3) is 3.07. The molecule has 0 amide bonds. The first-order chi connectivity index (χ1) is 9.50. The number of piperidine rings is 1. The molecule has 0 saturated carbocycles. The van der Waals surface area contributed by atoms with Gasteiger partial charge in [0.15, 0.2) is 0 Å². The molecule has 1 aliphatic heterocycles. The Labute approximate surface area is 124 Å². The standard InChI is InChI=1S/C13H22N2O3S2/c1-3-18-11-5-4-6-15(8-11)20(16,17)13-10(2)9-19-12(13)7-14/h9,11H,3-8,14H2,1-2H3. The number of aryl methyl sites for hydroxylation is 1. The fourth-order valence-corrected chi connectivity index (χ4v) is 5.76. The van der Waals surface area contributed by atoms with Crippen molar-refractivity contribution in [2.24, 2.45) is 5.73 Å². The van der Waals surface area contributed by atoms with Gasteiger partial charge in [-0.15, -0.1) is 11.3 Å². The molecule has 1 atom stereocenters. The van der Waals surface area contributed by atoms with E-state index in [4.69, 9.17) is 10.5 Å². The quantitative estimate of drug-likeness (QED) is 0.897. The summed E-state index contributed by atoms with van der Waals surface area (Å²) in [6.07, 6.45) is 1.76. The molecule has 1 saturated heterocycles. The maximum Gasteiger partial charge on any atom is 0.244 e. The van der Waals surface area contributed by atoms with E-state index in [0.29, 0.717) is 24.6 Å². The minimum atomic E-state index is -3.46. The summed E-state index contributed by atoms with van der Waals surface area (Å²) < 4.78 is 32.8. The summed E-state index contributed by atoms with van der Waals surface area (Å²) in [5.74, 6) is 0. The first kappa shape index (κ1) is 15.9. The molecule has 1 aliphatic rings. The van der Waals surface area contributed by atoms with Crippen LogP contribution in [0.15, 0.2) is 10.3 Å². The molecule has 0 aromatic carbocycles. The molecule has 2 rings (SSSR count). The van der Waals surface area contributed by atoms with E-state index in [2.05, 4.69) is 0 Å². The number of nitrogens with zero attached hydrogens (tertiary/aromatic N) is 1. The van der Waals surface area contributed by atoms with E-state index in [0.717, 1.165) is 23.3 Å². The van der Waals surface area contributed by atoms with Crippen LogP contribution in [0.2, 0.25) is 0 Å². The number of sulfonamides is 1. The van der Waals surface area contributed by atoms with E-state index >= 15 is 0 Å². The highest BCUT2D eigenvalue weighted by Crippen LogP contribution is 2.31. The molecule has 5 nitrogen and oxygen atoms in total. The third-order valence-corrected chi connectivity index (χ3v) is 6.87. The summed E-state index contributed by atoms with van der Waals surface area (Å²) in [5.41, 5.74) is 6.45. The highest BCUT2D eigenvalue weighted by Gasteiger charge is 2.33. The molecule has 0 spiro atoms. The van der Waals surface area contributed by atoms with E-state index in [-0.39, 0.29) is 12.6 Å². The van der Waals surface area contributed by atoms with Gasteiger partial charge < -0.3 is 10.5 Å². The molecule has 20 heavy (non-hydrogen) atoms. The fraction of sp³-hybridized carbons (Fsp3) is 0.692. The van der Waals surface area contributed by atoms with Crippen LogP contribution in [0.3, 0.4) is 0 Å². The van der Waals surface area contributed by atoms with Crippen LogP contribution in [0.5, 0.6) is 0 Å². The summed E-state index contributed by atoms with van der Waals surface area (Å²) in [7, 11) is -3.46. The van der Waals surface area contributed by atoms with Crippen LogP contribution < -0.4 is 5.73 Å². The van der Waals surface area contributed by atoms with Crippen LogP contribution in [-0.4, -0.2) is 38.5 Å². The molecular formula is C13H22N2O3S2. The fourth-order valence-electron chi connectivity index (χ4n) is 2.60. The van der Waals surface area contributed by atoms with Gasteiger partial charge in [-0.3, -0.25) is 0 Å². The maximum absolute atomic E-state index is 12.8. The van der Waals surface area contributed by atoms with Crippen molar-refractivity contribution in [2.45, 2.75) is 44.2 Å². The topological polar surface area (TPSA) is 72.6 Å². The number of hydrogen-bond donors (Lipinski definition) is 1. The molecule has 0 aliphatic carbocycles. The van der Waals surface area contributed by atoms with Gasteiger partial charge in [-0.05, 0) is 37.6 Å². The molecular weight excluding hydrogens is 296 g/mol. The zero-order valence-electron chi connectivity index (χ0n) is 12.0. The molecule has 1 aromatic rings. The first-order valence-corrected chi connectivity index (χ1v) is 9.21. The van der Waals surface area contributed by atoms with Crippen molar-refractivity contribution in [1.82, 2.24) is 4.31 Å². The van der Waals surface area contributed by atoms with Crippen molar-refractivity contribution in [2.75, 3.05) is 19.7 Å². The summed E-state index contributed by atoms with van der Waals surface area (Å²) in [6, 6.07) is 0. The smallest absolute Gasteiger partial charge is 0.244 e. The number of nitrogens with two attached hydrogens (primary N) is 1. The van der Waals surface area contributed by atoms with Crippen LogP contribution in [0.1, 0.15) is 30.2 Å². The summed E-state index contributed by atoms with van der Waals surface area (Å²) in [4.78, 5) is 1.14. The lowest BCUT2D eigenvalue weighted by Gasteiger charge is -2.31. The number of thiophene rings is 1. The number of ether oxygens (including phenoxy) is 1. The van der Waals surface area contributed by atoms with Crippen LogP contribution in [0.25, 0.3) is 0 Å². The summed E-state index contributed by atoms with van der Waals surface area (Å²) in [6.45, 7) is 5.63. The second kappa shape index (κ2) is 6.53. The van der Waals surface area contributed by atoms with Gasteiger partial charge in [-0.2, -0.15) is 4.31 Å². The average Bonchev–Trinajstić information content (AvgIpc) is 2.81. The third-order valence-electron chi connectivity index (χ3n) is 3.52. The Balaban J connectivity index is 2.27. The van der Waals surface area contributed by atoms with E-state index in [1.807, 2.05) is 19.2 Å². The van der Waals surface area contributed by atoms with Crippen molar-refractivity contribution >= 4 is 21.4 Å². The van der Waals surface area contributed by atoms with E-state index in [1.54, 1.807) is 4.31 Å². The Kier molecular flexibility index (Phi) is 5.19. The van der Waals surface area contributed by atoms with Gasteiger partial charge in [0.2, 0.25) is 10.0 Å². The monoisotopic (exact) mass is 318 g/mol. The van der Waals surface area contributed by atoms with Crippen LogP contribution in [0.4, 0.5) is 0 Å². The SMILES string of the molecule is CCOC1CCCN(S(=O)(=O)c2c(C)csc2CN)C1. The predicted molar refractivity (Wildman–Crippen MR) is 80.4 cm³/mol. The minimum absolute atomic E-state index is 0.00351. The second-order valence-corrected chi connectivity index (χ2v) is 7.80. The summed E-state index contributed by atoms with van der Waals surface area (Å²) in [5, 5.41) is 1.86. The first-order valence-electron chi connectivity index (χ1n) is 6.89. The van der Waals surface area contributed by atoms with Crippen LogP contribution >= 0.6 is 11.3 Å². The van der Waals surface area contributed by atoms with E-state index < -0.39 is 10.0 Å². The predicted octanol–water partition coefficient (Wildman–Crippen LogP) is 1.70. The molecule has 1 aromatic heterocycles. The lowest BCUT2D eigenvalue weighted by molar-refractivity contribution is 0.0265. The van der Waals surface area contributed by atoms with Crippen molar-refractivity contribution in [3.63, 3.8) is 0 Å². The second-order valence-electron chi connectivity index (χ2n) is 4.96. The molecule has 1 unspecified atom stereocenters. The highest BCUT2D eigenvalue weighted by atomic mass is 32.2. The normalized spacial score (nSPS) is 21.2. The Hall–Kier alpha value is -0.470. The lowest BCUT2D eigenvalue weighted by Crippen LogP contribution is -2.43. The van der Waals surface area contributed by atoms with E-state index in [1.165, 1.54) is 11.3 Å². The number of hydrogen-bond acceptors (Lipinski definition) is 5. The van der Waals surface area contributed by atoms with Crippen molar-refractivity contribution in [1.29, 1.82) is 0 Å². The van der Waals surface area contributed by atoms with Gasteiger partial charge in [-0.1, -0.05) is 0 Å².